The van der Waals surface area contributed by atoms with Gasteiger partial charge < -0.3 is 0 Å². The van der Waals surface area contributed by atoms with E-state index in [9.17, 15) is 4.79 Å². The summed E-state index contributed by atoms with van der Waals surface area (Å²) in [5.41, 5.74) is 5.30. The number of carbonyl (C=O) groups is 1. The molecule has 0 bridgehead atoms. The maximum atomic E-state index is 12.6. The largest absolute Gasteiger partial charge is 0.273 e. The van der Waals surface area contributed by atoms with Gasteiger partial charge in [0.1, 0.15) is 5.69 Å². The molecule has 0 saturated carbocycles. The molecule has 1 amide bonds. The highest BCUT2D eigenvalue weighted by Gasteiger charge is 2.14. The van der Waals surface area contributed by atoms with Crippen LogP contribution in [-0.2, 0) is 0 Å². The Balaban J connectivity index is 1.62. The molecule has 4 aromatic rings. The highest BCUT2D eigenvalue weighted by atomic mass is 16.2. The molecule has 0 aromatic carbocycles. The van der Waals surface area contributed by atoms with E-state index in [4.69, 9.17) is 0 Å². The third-order valence-electron chi connectivity index (χ3n) is 3.84. The van der Waals surface area contributed by atoms with Crippen molar-refractivity contribution in [3.63, 3.8) is 0 Å². The van der Waals surface area contributed by atoms with E-state index in [1.165, 1.54) is 6.20 Å². The predicted octanol–water partition coefficient (Wildman–Crippen LogP) is 2.58. The van der Waals surface area contributed by atoms with Crippen LogP contribution < -0.4 is 5.43 Å². The summed E-state index contributed by atoms with van der Waals surface area (Å²) in [5.74, 6) is 0.205. The van der Waals surface area contributed by atoms with Gasteiger partial charge in [-0.2, -0.15) is 0 Å². The summed E-state index contributed by atoms with van der Waals surface area (Å²) in [6.45, 7) is 1.78. The number of rotatable bonds is 3. The molecule has 0 radical (unpaired) electrons. The van der Waals surface area contributed by atoms with Crippen molar-refractivity contribution < 1.29 is 4.79 Å². The standard InChI is InChI=1S/C18H14N6O/c1-12-14(10-21-17(22-12)15-4-2-3-7-20-15)18(25)23-24-9-6-13-5-8-19-11-16(13)24/h2-11H,1H3,(H,23,25). The van der Waals surface area contributed by atoms with Crippen molar-refractivity contribution in [3.05, 3.63) is 72.6 Å². The minimum Gasteiger partial charge on any atom is -0.267 e. The van der Waals surface area contributed by atoms with Crippen LogP contribution in [-0.4, -0.2) is 30.5 Å². The average Bonchev–Trinajstić information content (AvgIpc) is 3.05. The topological polar surface area (TPSA) is 85.6 Å². The Morgan fingerprint density at radius 1 is 1.08 bits per heavy atom. The number of pyridine rings is 2. The molecule has 4 rings (SSSR count). The van der Waals surface area contributed by atoms with E-state index in [-0.39, 0.29) is 5.91 Å². The predicted molar refractivity (Wildman–Crippen MR) is 93.4 cm³/mol. The maximum absolute atomic E-state index is 12.6. The Morgan fingerprint density at radius 2 is 2.00 bits per heavy atom. The summed E-state index contributed by atoms with van der Waals surface area (Å²) in [7, 11) is 0. The first-order valence-corrected chi connectivity index (χ1v) is 7.70. The van der Waals surface area contributed by atoms with Crippen LogP contribution in [0, 0.1) is 6.92 Å². The second-order valence-corrected chi connectivity index (χ2v) is 5.47. The summed E-state index contributed by atoms with van der Waals surface area (Å²) >= 11 is 0. The lowest BCUT2D eigenvalue weighted by Gasteiger charge is -2.10. The van der Waals surface area contributed by atoms with Gasteiger partial charge in [-0.15, -0.1) is 0 Å². The van der Waals surface area contributed by atoms with Gasteiger partial charge in [0.25, 0.3) is 5.91 Å². The van der Waals surface area contributed by atoms with Gasteiger partial charge in [0.2, 0.25) is 0 Å². The zero-order chi connectivity index (χ0) is 17.2. The van der Waals surface area contributed by atoms with Gasteiger partial charge in [0.15, 0.2) is 5.82 Å². The molecule has 7 heteroatoms. The molecule has 7 nitrogen and oxygen atoms in total. The van der Waals surface area contributed by atoms with Gasteiger partial charge in [0.05, 0.1) is 23.0 Å². The zero-order valence-corrected chi connectivity index (χ0v) is 13.4. The summed E-state index contributed by atoms with van der Waals surface area (Å²) in [6.07, 6.45) is 8.39. The molecule has 0 saturated heterocycles. The van der Waals surface area contributed by atoms with Crippen LogP contribution >= 0.6 is 0 Å². The van der Waals surface area contributed by atoms with E-state index < -0.39 is 0 Å². The first-order chi connectivity index (χ1) is 12.2. The van der Waals surface area contributed by atoms with Crippen molar-refractivity contribution in [2.24, 2.45) is 0 Å². The van der Waals surface area contributed by atoms with E-state index in [1.54, 1.807) is 36.4 Å². The Kier molecular flexibility index (Phi) is 3.66. The van der Waals surface area contributed by atoms with Crippen LogP contribution in [0.4, 0.5) is 0 Å². The minimum absolute atomic E-state index is 0.286. The molecule has 0 aliphatic rings. The summed E-state index contributed by atoms with van der Waals surface area (Å²) in [6, 6.07) is 9.31. The number of hydrogen-bond donors (Lipinski definition) is 1. The summed E-state index contributed by atoms with van der Waals surface area (Å²) < 4.78 is 1.64. The van der Waals surface area contributed by atoms with Crippen molar-refractivity contribution in [1.82, 2.24) is 24.6 Å². The van der Waals surface area contributed by atoms with Gasteiger partial charge >= 0.3 is 0 Å². The molecule has 1 N–H and O–H groups in total. The molecular weight excluding hydrogens is 316 g/mol. The number of hydrogen-bond acceptors (Lipinski definition) is 5. The van der Waals surface area contributed by atoms with Gasteiger partial charge in [0, 0.05) is 30.2 Å². The molecular formula is C18H14N6O. The number of amides is 1. The van der Waals surface area contributed by atoms with Crippen LogP contribution in [0.1, 0.15) is 16.1 Å². The van der Waals surface area contributed by atoms with Crippen molar-refractivity contribution in [2.45, 2.75) is 6.92 Å². The fourth-order valence-corrected chi connectivity index (χ4v) is 2.55. The number of fused-ring (bicyclic) bond motifs is 1. The summed E-state index contributed by atoms with van der Waals surface area (Å²) in [5, 5.41) is 0.994. The van der Waals surface area contributed by atoms with Gasteiger partial charge in [-0.05, 0) is 31.2 Å². The van der Waals surface area contributed by atoms with E-state index in [2.05, 4.69) is 25.4 Å². The van der Waals surface area contributed by atoms with Crippen LogP contribution in [0.2, 0.25) is 0 Å². The van der Waals surface area contributed by atoms with Gasteiger partial charge in [-0.25, -0.2) is 9.97 Å². The monoisotopic (exact) mass is 330 g/mol. The SMILES string of the molecule is Cc1nc(-c2ccccn2)ncc1C(=O)Nn1ccc2ccncc21. The first-order valence-electron chi connectivity index (χ1n) is 7.70. The molecule has 0 fully saturated rings. The lowest BCUT2D eigenvalue weighted by molar-refractivity contribution is 0.101. The van der Waals surface area contributed by atoms with Crippen molar-refractivity contribution in [1.29, 1.82) is 0 Å². The molecule has 4 heterocycles. The van der Waals surface area contributed by atoms with E-state index in [0.29, 0.717) is 22.8 Å². The molecule has 0 spiro atoms. The quantitative estimate of drug-likeness (QED) is 0.624. The van der Waals surface area contributed by atoms with Crippen LogP contribution in [0.3, 0.4) is 0 Å². The fourth-order valence-electron chi connectivity index (χ4n) is 2.55. The fraction of sp³-hybridized carbons (Fsp3) is 0.0556. The Bertz CT molecular complexity index is 1060. The van der Waals surface area contributed by atoms with E-state index in [0.717, 1.165) is 10.9 Å². The molecule has 0 atom stereocenters. The van der Waals surface area contributed by atoms with Crippen LogP contribution in [0.5, 0.6) is 0 Å². The lowest BCUT2D eigenvalue weighted by Crippen LogP contribution is -2.23. The third kappa shape index (κ3) is 2.83. The highest BCUT2D eigenvalue weighted by Crippen LogP contribution is 2.15. The maximum Gasteiger partial charge on any atom is 0.273 e. The number of aromatic nitrogens is 5. The average molecular weight is 330 g/mol. The molecule has 0 aliphatic heterocycles. The molecule has 25 heavy (non-hydrogen) atoms. The smallest absolute Gasteiger partial charge is 0.267 e. The molecule has 0 aliphatic carbocycles. The number of aryl methyl sites for hydroxylation is 1. The van der Waals surface area contributed by atoms with Gasteiger partial charge in [-0.1, -0.05) is 6.07 Å². The molecule has 122 valence electrons. The van der Waals surface area contributed by atoms with Crippen molar-refractivity contribution in [3.8, 4) is 11.5 Å². The summed E-state index contributed by atoms with van der Waals surface area (Å²) in [4.78, 5) is 29.6. The van der Waals surface area contributed by atoms with Crippen LogP contribution in [0.15, 0.2) is 61.3 Å². The van der Waals surface area contributed by atoms with Gasteiger partial charge in [-0.3, -0.25) is 24.9 Å². The number of nitrogens with one attached hydrogen (secondary N) is 1. The Labute approximate surface area is 143 Å². The zero-order valence-electron chi connectivity index (χ0n) is 13.4. The second kappa shape index (κ2) is 6.12. The lowest BCUT2D eigenvalue weighted by atomic mass is 10.2. The minimum atomic E-state index is -0.286. The Hall–Kier alpha value is -3.61. The third-order valence-corrected chi connectivity index (χ3v) is 3.84. The number of nitrogens with zero attached hydrogens (tertiary/aromatic N) is 5. The number of carbonyl (C=O) groups excluding carboxylic acids is 1. The van der Waals surface area contributed by atoms with E-state index >= 15 is 0 Å². The molecule has 4 aromatic heterocycles. The Morgan fingerprint density at radius 3 is 2.80 bits per heavy atom. The molecule has 0 unspecified atom stereocenters. The van der Waals surface area contributed by atoms with E-state index in [1.807, 2.05) is 30.3 Å². The highest BCUT2D eigenvalue weighted by molar-refractivity contribution is 6.01. The van der Waals surface area contributed by atoms with Crippen molar-refractivity contribution >= 4 is 16.8 Å². The normalized spacial score (nSPS) is 10.8. The van der Waals surface area contributed by atoms with Crippen molar-refractivity contribution in [2.75, 3.05) is 5.43 Å². The first kappa shape index (κ1) is 14.9. The van der Waals surface area contributed by atoms with Crippen LogP contribution in [0.25, 0.3) is 22.4 Å². The second-order valence-electron chi connectivity index (χ2n) is 5.47.